The van der Waals surface area contributed by atoms with Crippen molar-refractivity contribution >= 4 is 38.7 Å². The molecule has 0 spiro atoms. The van der Waals surface area contributed by atoms with E-state index in [1.54, 1.807) is 17.8 Å². The van der Waals surface area contributed by atoms with Crippen molar-refractivity contribution in [3.05, 3.63) is 32.4 Å². The standard InChI is InChI=1S/C10H10N2O4S3/c1-6-9(2-8(18-6)10(13)14)19(15,16)12-3-7-4-17-5-11-7/h2,4-5,12H,3H2,1H3,(H,13,14). The van der Waals surface area contributed by atoms with Crippen LogP contribution in [0.2, 0.25) is 0 Å². The van der Waals surface area contributed by atoms with Gasteiger partial charge < -0.3 is 5.11 Å². The quantitative estimate of drug-likeness (QED) is 0.874. The maximum Gasteiger partial charge on any atom is 0.345 e. The van der Waals surface area contributed by atoms with Gasteiger partial charge in [-0.2, -0.15) is 0 Å². The van der Waals surface area contributed by atoms with E-state index in [0.29, 0.717) is 10.6 Å². The topological polar surface area (TPSA) is 96.4 Å². The predicted octanol–water partition coefficient (Wildman–Crippen LogP) is 1.69. The predicted molar refractivity (Wildman–Crippen MR) is 72.2 cm³/mol. The molecule has 0 aliphatic carbocycles. The second kappa shape index (κ2) is 5.37. The zero-order valence-electron chi connectivity index (χ0n) is 9.78. The molecule has 0 atom stereocenters. The highest BCUT2D eigenvalue weighted by molar-refractivity contribution is 7.89. The molecule has 2 aromatic rings. The van der Waals surface area contributed by atoms with Gasteiger partial charge in [-0.1, -0.05) is 0 Å². The zero-order valence-corrected chi connectivity index (χ0v) is 12.2. The van der Waals surface area contributed by atoms with Gasteiger partial charge >= 0.3 is 5.97 Å². The van der Waals surface area contributed by atoms with Crippen LogP contribution >= 0.6 is 22.7 Å². The molecule has 0 radical (unpaired) electrons. The molecule has 0 saturated carbocycles. The fourth-order valence-corrected chi connectivity index (χ4v) is 4.39. The molecule has 0 bridgehead atoms. The average Bonchev–Trinajstić information content (AvgIpc) is 2.95. The van der Waals surface area contributed by atoms with E-state index in [4.69, 9.17) is 5.11 Å². The first-order chi connectivity index (χ1) is 8.90. The molecule has 2 N–H and O–H groups in total. The van der Waals surface area contributed by atoms with E-state index >= 15 is 0 Å². The number of rotatable bonds is 5. The summed E-state index contributed by atoms with van der Waals surface area (Å²) in [4.78, 5) is 15.3. The molecule has 0 saturated heterocycles. The number of thiazole rings is 1. The minimum absolute atomic E-state index is 0.00475. The van der Waals surface area contributed by atoms with Crippen molar-refractivity contribution in [2.24, 2.45) is 0 Å². The summed E-state index contributed by atoms with van der Waals surface area (Å²) in [7, 11) is -3.72. The summed E-state index contributed by atoms with van der Waals surface area (Å²) >= 11 is 2.32. The van der Waals surface area contributed by atoms with Gasteiger partial charge in [0.15, 0.2) is 0 Å². The minimum atomic E-state index is -3.72. The second-order valence-corrected chi connectivity index (χ2v) is 7.35. The largest absolute Gasteiger partial charge is 0.477 e. The zero-order chi connectivity index (χ0) is 14.0. The van der Waals surface area contributed by atoms with Gasteiger partial charge in [0.1, 0.15) is 4.88 Å². The van der Waals surface area contributed by atoms with E-state index in [-0.39, 0.29) is 16.3 Å². The molecule has 0 unspecified atom stereocenters. The molecular weight excluding hydrogens is 308 g/mol. The lowest BCUT2D eigenvalue weighted by Gasteiger charge is -2.04. The molecular formula is C10H10N2O4S3. The Labute approximate surface area is 117 Å². The SMILES string of the molecule is Cc1sc(C(=O)O)cc1S(=O)(=O)NCc1cscn1. The second-order valence-electron chi connectivity index (χ2n) is 3.64. The lowest BCUT2D eigenvalue weighted by Crippen LogP contribution is -2.23. The molecule has 2 aromatic heterocycles. The Morgan fingerprint density at radius 2 is 2.26 bits per heavy atom. The number of hydrogen-bond acceptors (Lipinski definition) is 6. The summed E-state index contributed by atoms with van der Waals surface area (Å²) in [5.74, 6) is -1.13. The van der Waals surface area contributed by atoms with Crippen molar-refractivity contribution < 1.29 is 18.3 Å². The van der Waals surface area contributed by atoms with E-state index in [1.807, 2.05) is 0 Å². The number of aryl methyl sites for hydroxylation is 1. The molecule has 9 heteroatoms. The highest BCUT2D eigenvalue weighted by Crippen LogP contribution is 2.25. The van der Waals surface area contributed by atoms with Gasteiger partial charge in [0.2, 0.25) is 10.0 Å². The highest BCUT2D eigenvalue weighted by atomic mass is 32.2. The summed E-state index contributed by atoms with van der Waals surface area (Å²) in [5.41, 5.74) is 2.24. The van der Waals surface area contributed by atoms with E-state index < -0.39 is 16.0 Å². The van der Waals surface area contributed by atoms with E-state index in [1.165, 1.54) is 17.4 Å². The van der Waals surface area contributed by atoms with Crippen LogP contribution in [0.5, 0.6) is 0 Å². The van der Waals surface area contributed by atoms with Crippen LogP contribution in [0.3, 0.4) is 0 Å². The van der Waals surface area contributed by atoms with Crippen LogP contribution in [0.25, 0.3) is 0 Å². The molecule has 2 heterocycles. The normalized spacial score (nSPS) is 11.6. The number of thiophene rings is 1. The van der Waals surface area contributed by atoms with E-state index in [2.05, 4.69) is 9.71 Å². The molecule has 0 aromatic carbocycles. The van der Waals surface area contributed by atoms with Gasteiger partial charge in [-0.05, 0) is 13.0 Å². The number of aromatic carboxylic acids is 1. The summed E-state index contributed by atoms with van der Waals surface area (Å²) < 4.78 is 26.5. The van der Waals surface area contributed by atoms with Crippen LogP contribution in [0.15, 0.2) is 21.9 Å². The third-order valence-corrected chi connectivity index (χ3v) is 5.63. The van der Waals surface area contributed by atoms with Gasteiger partial charge in [-0.25, -0.2) is 22.9 Å². The minimum Gasteiger partial charge on any atom is -0.477 e. The molecule has 0 fully saturated rings. The van der Waals surface area contributed by atoms with E-state index in [9.17, 15) is 13.2 Å². The van der Waals surface area contributed by atoms with Gasteiger partial charge in [-0.15, -0.1) is 22.7 Å². The number of carbonyl (C=O) groups is 1. The van der Waals surface area contributed by atoms with Crippen LogP contribution in [0.1, 0.15) is 20.2 Å². The van der Waals surface area contributed by atoms with Crippen LogP contribution in [0.4, 0.5) is 0 Å². The Bertz CT molecular complexity index is 688. The Kier molecular flexibility index (Phi) is 3.99. The number of carboxylic acids is 1. The highest BCUT2D eigenvalue weighted by Gasteiger charge is 2.22. The maximum atomic E-state index is 12.1. The number of sulfonamides is 1. The Morgan fingerprint density at radius 1 is 1.53 bits per heavy atom. The van der Waals surface area contributed by atoms with Crippen molar-refractivity contribution in [1.82, 2.24) is 9.71 Å². The summed E-state index contributed by atoms with van der Waals surface area (Å²) in [6, 6.07) is 1.17. The monoisotopic (exact) mass is 318 g/mol. The lowest BCUT2D eigenvalue weighted by atomic mass is 10.4. The third-order valence-electron chi connectivity index (χ3n) is 2.30. The van der Waals surface area contributed by atoms with Gasteiger partial charge in [-0.3, -0.25) is 0 Å². The van der Waals surface area contributed by atoms with Gasteiger partial charge in [0, 0.05) is 10.3 Å². The fraction of sp³-hybridized carbons (Fsp3) is 0.200. The van der Waals surface area contributed by atoms with Crippen molar-refractivity contribution in [3.63, 3.8) is 0 Å². The Hall–Kier alpha value is -1.29. The molecule has 19 heavy (non-hydrogen) atoms. The third kappa shape index (κ3) is 3.18. The lowest BCUT2D eigenvalue weighted by molar-refractivity contribution is 0.0702. The molecule has 2 rings (SSSR count). The molecule has 6 nitrogen and oxygen atoms in total. The maximum absolute atomic E-state index is 12.1. The Morgan fingerprint density at radius 3 is 2.79 bits per heavy atom. The van der Waals surface area contributed by atoms with Gasteiger partial charge in [0.25, 0.3) is 0 Å². The number of nitrogens with zero attached hydrogens (tertiary/aromatic N) is 1. The van der Waals surface area contributed by atoms with Crippen molar-refractivity contribution in [1.29, 1.82) is 0 Å². The smallest absolute Gasteiger partial charge is 0.345 e. The number of hydrogen-bond donors (Lipinski definition) is 2. The first kappa shape index (κ1) is 14.1. The molecule has 0 amide bonds. The fourth-order valence-electron chi connectivity index (χ4n) is 1.41. The average molecular weight is 318 g/mol. The first-order valence-corrected chi connectivity index (χ1v) is 8.35. The number of aromatic nitrogens is 1. The molecule has 0 aliphatic heterocycles. The number of nitrogens with one attached hydrogen (secondary N) is 1. The summed E-state index contributed by atoms with van der Waals surface area (Å²) in [6.07, 6.45) is 0. The first-order valence-electron chi connectivity index (χ1n) is 5.10. The van der Waals surface area contributed by atoms with Gasteiger partial charge in [0.05, 0.1) is 22.6 Å². The van der Waals surface area contributed by atoms with Crippen LogP contribution in [0, 0.1) is 6.92 Å². The van der Waals surface area contributed by atoms with E-state index in [0.717, 1.165) is 11.3 Å². The van der Waals surface area contributed by atoms with Crippen molar-refractivity contribution in [2.75, 3.05) is 0 Å². The number of carboxylic acid groups (broad SMARTS) is 1. The van der Waals surface area contributed by atoms with Crippen molar-refractivity contribution in [2.45, 2.75) is 18.4 Å². The van der Waals surface area contributed by atoms with Crippen LogP contribution in [-0.2, 0) is 16.6 Å². The molecule has 0 aliphatic rings. The molecule has 102 valence electrons. The van der Waals surface area contributed by atoms with Crippen LogP contribution in [-0.4, -0.2) is 24.5 Å². The summed E-state index contributed by atoms with van der Waals surface area (Å²) in [5, 5.41) is 10.6. The van der Waals surface area contributed by atoms with Crippen molar-refractivity contribution in [3.8, 4) is 0 Å². The Balaban J connectivity index is 2.22. The van der Waals surface area contributed by atoms with Crippen LogP contribution < -0.4 is 4.72 Å². The summed E-state index contributed by atoms with van der Waals surface area (Å²) in [6.45, 7) is 1.66.